The van der Waals surface area contributed by atoms with Crippen LogP contribution in [0.1, 0.15) is 24.1 Å². The van der Waals surface area contributed by atoms with Gasteiger partial charge in [0.15, 0.2) is 0 Å². The highest BCUT2D eigenvalue weighted by Gasteiger charge is 2.08. The van der Waals surface area contributed by atoms with Gasteiger partial charge in [-0.3, -0.25) is 9.78 Å². The van der Waals surface area contributed by atoms with Crippen molar-refractivity contribution >= 4 is 12.0 Å². The van der Waals surface area contributed by atoms with Crippen LogP contribution in [0.15, 0.2) is 85.2 Å². The summed E-state index contributed by atoms with van der Waals surface area (Å²) >= 11 is 0. The van der Waals surface area contributed by atoms with Crippen molar-refractivity contribution in [3.8, 4) is 11.1 Å². The summed E-state index contributed by atoms with van der Waals surface area (Å²) in [5.41, 5.74) is 4.29. The second-order valence-electron chi connectivity index (χ2n) is 5.84. The van der Waals surface area contributed by atoms with Crippen molar-refractivity contribution in [1.82, 2.24) is 10.3 Å². The average Bonchev–Trinajstić information content (AvgIpc) is 2.68. The van der Waals surface area contributed by atoms with Gasteiger partial charge in [-0.05, 0) is 53.5 Å². The van der Waals surface area contributed by atoms with Gasteiger partial charge >= 0.3 is 0 Å². The van der Waals surface area contributed by atoms with Gasteiger partial charge in [-0.25, -0.2) is 0 Å². The lowest BCUT2D eigenvalue weighted by Gasteiger charge is -2.14. The average molecular weight is 328 g/mol. The minimum Gasteiger partial charge on any atom is -0.346 e. The van der Waals surface area contributed by atoms with Crippen LogP contribution >= 0.6 is 0 Å². The minimum absolute atomic E-state index is 0.0743. The first kappa shape index (κ1) is 16.7. The maximum atomic E-state index is 12.1. The molecule has 0 saturated heterocycles. The largest absolute Gasteiger partial charge is 0.346 e. The molecule has 1 heterocycles. The Kier molecular flexibility index (Phi) is 5.37. The molecule has 1 atom stereocenters. The van der Waals surface area contributed by atoms with E-state index in [0.29, 0.717) is 0 Å². The summed E-state index contributed by atoms with van der Waals surface area (Å²) in [4.78, 5) is 16.2. The molecule has 3 aromatic rings. The fraction of sp³-hybridized carbons (Fsp3) is 0.0909. The Balaban J connectivity index is 1.68. The first-order valence-electron chi connectivity index (χ1n) is 8.26. The van der Waals surface area contributed by atoms with Crippen molar-refractivity contribution < 1.29 is 4.79 Å². The molecular weight excluding hydrogens is 308 g/mol. The van der Waals surface area contributed by atoms with Gasteiger partial charge in [-0.15, -0.1) is 0 Å². The lowest BCUT2D eigenvalue weighted by molar-refractivity contribution is -0.117. The third-order valence-electron chi connectivity index (χ3n) is 3.99. The number of amides is 1. The number of carbonyl (C=O) groups is 1. The summed E-state index contributed by atoms with van der Waals surface area (Å²) < 4.78 is 0. The van der Waals surface area contributed by atoms with Crippen LogP contribution < -0.4 is 5.32 Å². The molecule has 2 aromatic carbocycles. The van der Waals surface area contributed by atoms with Gasteiger partial charge in [0.1, 0.15) is 0 Å². The third-order valence-corrected chi connectivity index (χ3v) is 3.99. The molecule has 1 amide bonds. The Morgan fingerprint density at radius 1 is 0.960 bits per heavy atom. The van der Waals surface area contributed by atoms with Crippen molar-refractivity contribution in [2.45, 2.75) is 13.0 Å². The van der Waals surface area contributed by atoms with Crippen molar-refractivity contribution in [2.75, 3.05) is 0 Å². The predicted molar refractivity (Wildman–Crippen MR) is 102 cm³/mol. The van der Waals surface area contributed by atoms with Gasteiger partial charge < -0.3 is 5.32 Å². The lowest BCUT2D eigenvalue weighted by atomic mass is 10.0. The molecule has 0 aliphatic heterocycles. The van der Waals surface area contributed by atoms with Crippen LogP contribution in [0.25, 0.3) is 17.2 Å². The molecule has 0 aliphatic rings. The van der Waals surface area contributed by atoms with E-state index in [-0.39, 0.29) is 11.9 Å². The van der Waals surface area contributed by atoms with Gasteiger partial charge in [0.05, 0.1) is 6.04 Å². The molecule has 0 bridgehead atoms. The highest BCUT2D eigenvalue weighted by Crippen LogP contribution is 2.22. The number of aromatic nitrogens is 1. The second kappa shape index (κ2) is 8.06. The summed E-state index contributed by atoms with van der Waals surface area (Å²) in [5, 5.41) is 3.01. The van der Waals surface area contributed by atoms with Crippen LogP contribution in [0.2, 0.25) is 0 Å². The minimum atomic E-state index is -0.106. The zero-order valence-corrected chi connectivity index (χ0v) is 14.1. The molecule has 1 N–H and O–H groups in total. The lowest BCUT2D eigenvalue weighted by Crippen LogP contribution is -2.24. The summed E-state index contributed by atoms with van der Waals surface area (Å²) in [6, 6.07) is 21.8. The van der Waals surface area contributed by atoms with E-state index in [1.54, 1.807) is 18.5 Å². The first-order chi connectivity index (χ1) is 12.2. The fourth-order valence-electron chi connectivity index (χ4n) is 2.61. The number of pyridine rings is 1. The number of rotatable bonds is 5. The zero-order chi connectivity index (χ0) is 17.5. The van der Waals surface area contributed by atoms with Gasteiger partial charge in [0.2, 0.25) is 5.91 Å². The molecule has 1 aromatic heterocycles. The number of nitrogens with zero attached hydrogens (tertiary/aromatic N) is 1. The number of benzene rings is 2. The number of hydrogen-bond donors (Lipinski definition) is 1. The molecule has 0 aliphatic carbocycles. The van der Waals surface area contributed by atoms with E-state index in [2.05, 4.69) is 22.4 Å². The summed E-state index contributed by atoms with van der Waals surface area (Å²) in [6.45, 7) is 1.99. The van der Waals surface area contributed by atoms with E-state index in [1.807, 2.05) is 67.6 Å². The monoisotopic (exact) mass is 328 g/mol. The topological polar surface area (TPSA) is 42.0 Å². The van der Waals surface area contributed by atoms with Gasteiger partial charge in [-0.2, -0.15) is 0 Å². The molecule has 0 saturated carbocycles. The van der Waals surface area contributed by atoms with Gasteiger partial charge in [-0.1, -0.05) is 48.5 Å². The van der Waals surface area contributed by atoms with Crippen LogP contribution in [0.3, 0.4) is 0 Å². The normalized spacial score (nSPS) is 12.0. The molecule has 0 spiro atoms. The standard InChI is InChI=1S/C22H20N2O/c1-17(24-22(25)11-10-18-6-3-2-4-7-18)20-8-5-9-21(16-20)19-12-14-23-15-13-19/h2-17H,1H3,(H,24,25). The molecule has 25 heavy (non-hydrogen) atoms. The molecule has 1 unspecified atom stereocenters. The molecule has 0 fully saturated rings. The van der Waals surface area contributed by atoms with E-state index >= 15 is 0 Å². The number of nitrogens with one attached hydrogen (secondary N) is 1. The first-order valence-corrected chi connectivity index (χ1v) is 8.26. The molecule has 124 valence electrons. The zero-order valence-electron chi connectivity index (χ0n) is 14.1. The van der Waals surface area contributed by atoms with Crippen molar-refractivity contribution in [1.29, 1.82) is 0 Å². The maximum absolute atomic E-state index is 12.1. The Morgan fingerprint density at radius 3 is 2.48 bits per heavy atom. The highest BCUT2D eigenvalue weighted by atomic mass is 16.1. The van der Waals surface area contributed by atoms with Crippen LogP contribution in [0, 0.1) is 0 Å². The van der Waals surface area contributed by atoms with Crippen LogP contribution in [-0.4, -0.2) is 10.9 Å². The third kappa shape index (κ3) is 4.64. The summed E-state index contributed by atoms with van der Waals surface area (Å²) in [7, 11) is 0. The summed E-state index contributed by atoms with van der Waals surface area (Å²) in [5.74, 6) is -0.106. The van der Waals surface area contributed by atoms with E-state index in [4.69, 9.17) is 0 Å². The maximum Gasteiger partial charge on any atom is 0.244 e. The smallest absolute Gasteiger partial charge is 0.244 e. The molecule has 0 radical (unpaired) electrons. The van der Waals surface area contributed by atoms with E-state index < -0.39 is 0 Å². The molecular formula is C22H20N2O. The molecule has 3 heteroatoms. The highest BCUT2D eigenvalue weighted by molar-refractivity contribution is 5.92. The van der Waals surface area contributed by atoms with E-state index in [1.165, 1.54) is 0 Å². The van der Waals surface area contributed by atoms with E-state index in [9.17, 15) is 4.79 Å². The van der Waals surface area contributed by atoms with Crippen LogP contribution in [0.5, 0.6) is 0 Å². The van der Waals surface area contributed by atoms with Gasteiger partial charge in [0, 0.05) is 18.5 Å². The Morgan fingerprint density at radius 2 is 1.72 bits per heavy atom. The second-order valence-corrected chi connectivity index (χ2v) is 5.84. The van der Waals surface area contributed by atoms with Crippen molar-refractivity contribution in [3.63, 3.8) is 0 Å². The van der Waals surface area contributed by atoms with Gasteiger partial charge in [0.25, 0.3) is 0 Å². The quantitative estimate of drug-likeness (QED) is 0.693. The van der Waals surface area contributed by atoms with Crippen molar-refractivity contribution in [2.24, 2.45) is 0 Å². The van der Waals surface area contributed by atoms with Crippen molar-refractivity contribution in [3.05, 3.63) is 96.3 Å². The SMILES string of the molecule is CC(NC(=O)C=Cc1ccccc1)c1cccc(-c2ccncc2)c1. The Bertz CT molecular complexity index is 857. The van der Waals surface area contributed by atoms with E-state index in [0.717, 1.165) is 22.3 Å². The summed E-state index contributed by atoms with van der Waals surface area (Å²) in [6.07, 6.45) is 6.94. The Hall–Kier alpha value is -3.20. The fourth-order valence-corrected chi connectivity index (χ4v) is 2.61. The predicted octanol–water partition coefficient (Wildman–Crippen LogP) is 4.64. The Labute approximate surface area is 148 Å². The van der Waals surface area contributed by atoms with Crippen LogP contribution in [0.4, 0.5) is 0 Å². The number of hydrogen-bond acceptors (Lipinski definition) is 2. The molecule has 3 nitrogen and oxygen atoms in total. The number of carbonyl (C=O) groups excluding carboxylic acids is 1. The van der Waals surface area contributed by atoms with Crippen LogP contribution in [-0.2, 0) is 4.79 Å². The molecule has 3 rings (SSSR count).